The summed E-state index contributed by atoms with van der Waals surface area (Å²) in [7, 11) is 1.64. The normalized spacial score (nSPS) is 41.1. The van der Waals surface area contributed by atoms with Crippen molar-refractivity contribution < 1.29 is 24.5 Å². The number of hydrogen-bond acceptors (Lipinski definition) is 5. The molecule has 3 N–H and O–H groups in total. The average Bonchev–Trinajstić information content (AvgIpc) is 3.71. The second-order valence-electron chi connectivity index (χ2n) is 18.9. The van der Waals surface area contributed by atoms with Crippen molar-refractivity contribution >= 4 is 22.8 Å². The number of carbonyl (C=O) groups is 2. The predicted octanol–water partition coefficient (Wildman–Crippen LogP) is 8.41. The SMILES string of the molecule is C=C(C)C1C(=O)c2c3c(cc4c2[C@@H](O)C2C4=CC(C)(C)OC2(C)C)C2=C(C31)[C@@]1(C)C(CC[C@H]3[C@](C)(/C=C/C=C(\C)C(=O)NC)[C@@H](O)CC[C@@]31C)C2. The molecule has 0 saturated heterocycles. The molecular formula is C45H57NO5. The fourth-order valence-electron chi connectivity index (χ4n) is 13.3. The lowest BCUT2D eigenvalue weighted by molar-refractivity contribution is -0.161. The van der Waals surface area contributed by atoms with E-state index in [1.165, 1.54) is 16.7 Å². The van der Waals surface area contributed by atoms with E-state index in [-0.39, 0.29) is 46.2 Å². The Morgan fingerprint density at radius 3 is 2.39 bits per heavy atom. The summed E-state index contributed by atoms with van der Waals surface area (Å²) in [5.74, 6) is -0.0431. The van der Waals surface area contributed by atoms with Crippen molar-refractivity contribution in [1.29, 1.82) is 0 Å². The molecule has 0 bridgehead atoms. The summed E-state index contributed by atoms with van der Waals surface area (Å²) < 4.78 is 6.54. The van der Waals surface area contributed by atoms with E-state index >= 15 is 0 Å². The number of ketones is 1. The molecule has 7 aliphatic rings. The molecule has 272 valence electrons. The standard InChI is InChI=1S/C45H57NO5/c1-22(2)31-34-32-25(20-26-28-21-41(4,5)51-42(6,7)37(28)39(49)33(26)35(32)38(31)48)27-19-24-14-15-29-43(8,17-12-13-23(3)40(50)46-11)30(47)16-18-44(29,9)45(24,10)36(27)34/h12-13,17,20-21,24,29-31,34,37,39,47,49H,1,14-16,18-19H2,2-11H3,(H,46,50)/b17-12+,23-13+/t24?,29-,30-,31?,34?,37?,39+,43-,44-,45+/m0/s1. The Labute approximate surface area is 304 Å². The Morgan fingerprint density at radius 1 is 1.02 bits per heavy atom. The fourth-order valence-corrected chi connectivity index (χ4v) is 13.3. The van der Waals surface area contributed by atoms with E-state index in [0.29, 0.717) is 17.9 Å². The van der Waals surface area contributed by atoms with Gasteiger partial charge in [-0.1, -0.05) is 56.7 Å². The third kappa shape index (κ3) is 4.27. The summed E-state index contributed by atoms with van der Waals surface area (Å²) in [4.78, 5) is 27.2. The van der Waals surface area contributed by atoms with E-state index in [2.05, 4.69) is 78.6 Å². The van der Waals surface area contributed by atoms with Crippen LogP contribution in [0.5, 0.6) is 0 Å². The van der Waals surface area contributed by atoms with Gasteiger partial charge in [-0.3, -0.25) is 9.59 Å². The molecule has 2 saturated carbocycles. The molecule has 0 aromatic heterocycles. The van der Waals surface area contributed by atoms with E-state index in [4.69, 9.17) is 4.74 Å². The van der Waals surface area contributed by atoms with Gasteiger partial charge in [-0.25, -0.2) is 0 Å². The van der Waals surface area contributed by atoms with Gasteiger partial charge in [-0.05, 0) is 142 Å². The highest BCUT2D eigenvalue weighted by atomic mass is 16.5. The Balaban J connectivity index is 1.30. The molecule has 1 aromatic rings. The molecule has 1 aromatic carbocycles. The van der Waals surface area contributed by atoms with Crippen molar-refractivity contribution in [2.75, 3.05) is 7.05 Å². The monoisotopic (exact) mass is 691 g/mol. The lowest BCUT2D eigenvalue weighted by atomic mass is 9.39. The quantitative estimate of drug-likeness (QED) is 0.167. The third-order valence-electron chi connectivity index (χ3n) is 15.5. The summed E-state index contributed by atoms with van der Waals surface area (Å²) >= 11 is 0. The first-order valence-electron chi connectivity index (χ1n) is 19.3. The maximum Gasteiger partial charge on any atom is 0.246 e. The van der Waals surface area contributed by atoms with Gasteiger partial charge in [0.05, 0.1) is 29.3 Å². The number of amides is 1. The smallest absolute Gasteiger partial charge is 0.246 e. The number of allylic oxidation sites excluding steroid dienone is 5. The highest BCUT2D eigenvalue weighted by Crippen LogP contribution is 2.78. The third-order valence-corrected chi connectivity index (χ3v) is 15.5. The van der Waals surface area contributed by atoms with Crippen LogP contribution in [0.3, 0.4) is 0 Å². The van der Waals surface area contributed by atoms with Gasteiger partial charge in [-0.15, -0.1) is 0 Å². The minimum Gasteiger partial charge on any atom is -0.392 e. The van der Waals surface area contributed by atoms with Crippen LogP contribution in [0.1, 0.15) is 139 Å². The molecule has 1 heterocycles. The summed E-state index contributed by atoms with van der Waals surface area (Å²) in [6.07, 6.45) is 11.6. The van der Waals surface area contributed by atoms with Gasteiger partial charge in [0.15, 0.2) is 5.78 Å². The number of rotatable bonds is 4. The van der Waals surface area contributed by atoms with Crippen LogP contribution in [0.2, 0.25) is 0 Å². The van der Waals surface area contributed by atoms with Gasteiger partial charge in [0, 0.05) is 35.4 Å². The highest BCUT2D eigenvalue weighted by Gasteiger charge is 2.70. The van der Waals surface area contributed by atoms with E-state index in [9.17, 15) is 19.8 Å². The Bertz CT molecular complexity index is 1940. The number of likely N-dealkylation sites (N-methyl/N-ethyl adjacent to an activating group) is 1. The minimum absolute atomic E-state index is 0.0813. The van der Waals surface area contributed by atoms with Gasteiger partial charge in [-0.2, -0.15) is 0 Å². The first kappa shape index (κ1) is 35.0. The fraction of sp³-hybridized carbons (Fsp3) is 0.600. The Hall–Kier alpha value is -3.06. The molecule has 8 rings (SSSR count). The molecule has 2 fully saturated rings. The van der Waals surface area contributed by atoms with Crippen molar-refractivity contribution in [1.82, 2.24) is 5.32 Å². The summed E-state index contributed by atoms with van der Waals surface area (Å²) in [5.41, 5.74) is 8.49. The molecular weight excluding hydrogens is 634 g/mol. The summed E-state index contributed by atoms with van der Waals surface area (Å²) in [5, 5.41) is 26.6. The van der Waals surface area contributed by atoms with Gasteiger partial charge >= 0.3 is 0 Å². The first-order valence-corrected chi connectivity index (χ1v) is 19.3. The zero-order valence-electron chi connectivity index (χ0n) is 32.3. The van der Waals surface area contributed by atoms with Crippen LogP contribution < -0.4 is 5.32 Å². The van der Waals surface area contributed by atoms with Crippen molar-refractivity contribution in [3.05, 3.63) is 81.5 Å². The number of hydrogen-bond donors (Lipinski definition) is 3. The zero-order valence-corrected chi connectivity index (χ0v) is 32.3. The lowest BCUT2D eigenvalue weighted by Crippen LogP contribution is -2.60. The molecule has 6 aliphatic carbocycles. The second-order valence-corrected chi connectivity index (χ2v) is 18.9. The number of aliphatic hydroxyl groups is 2. The number of Topliss-reactive ketones (excluding diaryl/α,β-unsaturated/α-hetero) is 1. The number of fused-ring (bicyclic) bond motifs is 10. The van der Waals surface area contributed by atoms with E-state index in [1.54, 1.807) is 7.05 Å². The largest absolute Gasteiger partial charge is 0.392 e. The average molecular weight is 692 g/mol. The minimum atomic E-state index is -0.824. The van der Waals surface area contributed by atoms with Crippen LogP contribution in [0.15, 0.2) is 53.7 Å². The lowest BCUT2D eigenvalue weighted by Gasteiger charge is -2.65. The van der Waals surface area contributed by atoms with Crippen LogP contribution >= 0.6 is 0 Å². The van der Waals surface area contributed by atoms with E-state index in [1.807, 2.05) is 26.0 Å². The maximum atomic E-state index is 14.9. The van der Waals surface area contributed by atoms with Gasteiger partial charge < -0.3 is 20.3 Å². The maximum absolute atomic E-state index is 14.9. The number of aliphatic hydroxyl groups excluding tert-OH is 2. The predicted molar refractivity (Wildman–Crippen MR) is 202 cm³/mol. The van der Waals surface area contributed by atoms with E-state index in [0.717, 1.165) is 59.1 Å². The topological polar surface area (TPSA) is 95.9 Å². The molecule has 4 unspecified atom stereocenters. The molecule has 6 heteroatoms. The molecule has 10 atom stereocenters. The van der Waals surface area contributed by atoms with Crippen LogP contribution in [0, 0.1) is 39.9 Å². The zero-order chi connectivity index (χ0) is 37.0. The molecule has 0 radical (unpaired) electrons. The number of carbonyl (C=O) groups excluding carboxylic acids is 2. The number of nitrogens with one attached hydrogen (secondary N) is 1. The van der Waals surface area contributed by atoms with Crippen molar-refractivity contribution in [2.24, 2.45) is 39.9 Å². The molecule has 1 amide bonds. The van der Waals surface area contributed by atoms with Crippen molar-refractivity contribution in [2.45, 2.75) is 124 Å². The summed E-state index contributed by atoms with van der Waals surface area (Å²) in [6.45, 7) is 23.8. The van der Waals surface area contributed by atoms with Gasteiger partial charge in [0.2, 0.25) is 5.91 Å². The van der Waals surface area contributed by atoms with Crippen molar-refractivity contribution in [3.8, 4) is 0 Å². The number of benzene rings is 1. The molecule has 6 nitrogen and oxygen atoms in total. The van der Waals surface area contributed by atoms with Crippen LogP contribution in [-0.4, -0.2) is 46.3 Å². The van der Waals surface area contributed by atoms with Gasteiger partial charge in [0.1, 0.15) is 0 Å². The summed E-state index contributed by atoms with van der Waals surface area (Å²) in [6, 6.07) is 2.35. The van der Waals surface area contributed by atoms with Crippen LogP contribution in [-0.2, 0) is 9.53 Å². The van der Waals surface area contributed by atoms with E-state index < -0.39 is 28.8 Å². The Kier molecular flexibility index (Phi) is 7.39. The molecule has 1 aliphatic heterocycles. The number of ether oxygens (including phenoxy) is 1. The first-order chi connectivity index (χ1) is 23.7. The van der Waals surface area contributed by atoms with Crippen molar-refractivity contribution in [3.63, 3.8) is 0 Å². The van der Waals surface area contributed by atoms with Crippen LogP contribution in [0.25, 0.3) is 11.1 Å². The second kappa shape index (κ2) is 10.8. The highest BCUT2D eigenvalue weighted by molar-refractivity contribution is 6.12. The molecule has 0 spiro atoms. The molecule has 51 heavy (non-hydrogen) atoms. The van der Waals surface area contributed by atoms with Crippen LogP contribution in [0.4, 0.5) is 0 Å². The Morgan fingerprint density at radius 2 is 1.73 bits per heavy atom. The van der Waals surface area contributed by atoms with Gasteiger partial charge in [0.25, 0.3) is 0 Å².